The molecule has 1 rings (SSSR count). The van der Waals surface area contributed by atoms with E-state index in [1.54, 1.807) is 11.5 Å². The number of rotatable bonds is 3. The minimum atomic E-state index is 0.0569. The SMILES string of the molecule is CC(=O)C=CSc1ccc(Cl)cc1. The smallest absolute Gasteiger partial charge is 0.153 e. The first-order chi connectivity index (χ1) is 6.18. The van der Waals surface area contributed by atoms with Gasteiger partial charge in [0.15, 0.2) is 5.78 Å². The molecule has 0 aliphatic rings. The summed E-state index contributed by atoms with van der Waals surface area (Å²) in [6.07, 6.45) is 1.54. The van der Waals surface area contributed by atoms with Crippen molar-refractivity contribution in [3.05, 3.63) is 40.8 Å². The average Bonchev–Trinajstić information content (AvgIpc) is 2.08. The van der Waals surface area contributed by atoms with Gasteiger partial charge in [0, 0.05) is 9.92 Å². The highest BCUT2D eigenvalue weighted by Crippen LogP contribution is 2.20. The van der Waals surface area contributed by atoms with Crippen molar-refractivity contribution in [2.24, 2.45) is 0 Å². The molecule has 0 spiro atoms. The second-order valence-corrected chi connectivity index (χ2v) is 3.90. The van der Waals surface area contributed by atoms with E-state index in [1.165, 1.54) is 18.7 Å². The first-order valence-electron chi connectivity index (χ1n) is 3.78. The zero-order chi connectivity index (χ0) is 9.68. The van der Waals surface area contributed by atoms with Crippen LogP contribution < -0.4 is 0 Å². The lowest BCUT2D eigenvalue weighted by atomic mass is 10.4. The molecule has 0 bridgehead atoms. The highest BCUT2D eigenvalue weighted by atomic mass is 35.5. The summed E-state index contributed by atoms with van der Waals surface area (Å²) in [5.74, 6) is 0.0569. The number of benzene rings is 1. The maximum atomic E-state index is 10.6. The molecular formula is C10H9ClOS. The van der Waals surface area contributed by atoms with E-state index in [2.05, 4.69) is 0 Å². The lowest BCUT2D eigenvalue weighted by Crippen LogP contribution is -1.77. The van der Waals surface area contributed by atoms with Crippen molar-refractivity contribution in [1.82, 2.24) is 0 Å². The van der Waals surface area contributed by atoms with Crippen LogP contribution >= 0.6 is 23.4 Å². The molecule has 0 amide bonds. The van der Waals surface area contributed by atoms with Gasteiger partial charge < -0.3 is 0 Å². The van der Waals surface area contributed by atoms with Crippen LogP contribution in [0.4, 0.5) is 0 Å². The fourth-order valence-electron chi connectivity index (χ4n) is 0.722. The number of ketones is 1. The Labute approximate surface area is 86.8 Å². The highest BCUT2D eigenvalue weighted by molar-refractivity contribution is 8.02. The molecule has 0 atom stereocenters. The Morgan fingerprint density at radius 2 is 2.00 bits per heavy atom. The molecule has 0 aliphatic carbocycles. The molecule has 0 radical (unpaired) electrons. The maximum Gasteiger partial charge on any atom is 0.153 e. The van der Waals surface area contributed by atoms with Gasteiger partial charge in [-0.2, -0.15) is 0 Å². The normalized spacial score (nSPS) is 10.6. The predicted molar refractivity (Wildman–Crippen MR) is 57.1 cm³/mol. The molecule has 1 nitrogen and oxygen atoms in total. The van der Waals surface area contributed by atoms with Crippen molar-refractivity contribution in [1.29, 1.82) is 0 Å². The van der Waals surface area contributed by atoms with Crippen LogP contribution in [0.25, 0.3) is 0 Å². The molecule has 0 unspecified atom stereocenters. The van der Waals surface area contributed by atoms with Gasteiger partial charge in [0.05, 0.1) is 0 Å². The number of carbonyl (C=O) groups is 1. The Morgan fingerprint density at radius 3 is 2.54 bits per heavy atom. The van der Waals surface area contributed by atoms with Crippen molar-refractivity contribution in [3.63, 3.8) is 0 Å². The summed E-state index contributed by atoms with van der Waals surface area (Å²) in [5, 5.41) is 2.49. The van der Waals surface area contributed by atoms with Gasteiger partial charge >= 0.3 is 0 Å². The van der Waals surface area contributed by atoms with E-state index in [-0.39, 0.29) is 5.78 Å². The lowest BCUT2D eigenvalue weighted by molar-refractivity contribution is -0.112. The second kappa shape index (κ2) is 5.10. The topological polar surface area (TPSA) is 17.1 Å². The van der Waals surface area contributed by atoms with Gasteiger partial charge in [0.25, 0.3) is 0 Å². The van der Waals surface area contributed by atoms with Crippen LogP contribution in [0.2, 0.25) is 5.02 Å². The molecule has 1 aromatic carbocycles. The van der Waals surface area contributed by atoms with Gasteiger partial charge in [-0.3, -0.25) is 4.79 Å². The first kappa shape index (κ1) is 10.4. The molecule has 1 aromatic rings. The number of halogens is 1. The Balaban J connectivity index is 2.55. The first-order valence-corrected chi connectivity index (χ1v) is 5.03. The van der Waals surface area contributed by atoms with Crippen LogP contribution in [-0.2, 0) is 4.79 Å². The van der Waals surface area contributed by atoms with E-state index in [4.69, 9.17) is 11.6 Å². The van der Waals surface area contributed by atoms with E-state index in [1.807, 2.05) is 24.3 Å². The Bertz CT molecular complexity index is 316. The molecule has 0 saturated heterocycles. The van der Waals surface area contributed by atoms with E-state index in [0.29, 0.717) is 0 Å². The monoisotopic (exact) mass is 212 g/mol. The molecule has 0 heterocycles. The molecule has 0 saturated carbocycles. The summed E-state index contributed by atoms with van der Waals surface area (Å²) in [7, 11) is 0. The summed E-state index contributed by atoms with van der Waals surface area (Å²) in [6, 6.07) is 7.48. The minimum absolute atomic E-state index is 0.0569. The van der Waals surface area contributed by atoms with Crippen molar-refractivity contribution >= 4 is 29.1 Å². The van der Waals surface area contributed by atoms with E-state index in [9.17, 15) is 4.79 Å². The fraction of sp³-hybridized carbons (Fsp3) is 0.100. The molecule has 0 fully saturated rings. The van der Waals surface area contributed by atoms with Crippen molar-refractivity contribution in [2.45, 2.75) is 11.8 Å². The standard InChI is InChI=1S/C10H9ClOS/c1-8(12)6-7-13-10-4-2-9(11)3-5-10/h2-7H,1H3. The number of thioether (sulfide) groups is 1. The number of hydrogen-bond acceptors (Lipinski definition) is 2. The Morgan fingerprint density at radius 1 is 1.38 bits per heavy atom. The third kappa shape index (κ3) is 4.15. The highest BCUT2D eigenvalue weighted by Gasteiger charge is 1.90. The minimum Gasteiger partial charge on any atom is -0.295 e. The molecule has 0 aromatic heterocycles. The number of allylic oxidation sites excluding steroid dienone is 1. The van der Waals surface area contributed by atoms with Crippen LogP contribution in [0.5, 0.6) is 0 Å². The quantitative estimate of drug-likeness (QED) is 0.563. The number of hydrogen-bond donors (Lipinski definition) is 0. The predicted octanol–water partition coefficient (Wildman–Crippen LogP) is 3.53. The van der Waals surface area contributed by atoms with Crippen molar-refractivity contribution < 1.29 is 4.79 Å². The molecule has 3 heteroatoms. The zero-order valence-corrected chi connectivity index (χ0v) is 8.73. The van der Waals surface area contributed by atoms with Crippen LogP contribution in [0.1, 0.15) is 6.92 Å². The zero-order valence-electron chi connectivity index (χ0n) is 7.16. The van der Waals surface area contributed by atoms with Crippen LogP contribution in [-0.4, -0.2) is 5.78 Å². The maximum absolute atomic E-state index is 10.6. The van der Waals surface area contributed by atoms with Crippen molar-refractivity contribution in [3.8, 4) is 0 Å². The van der Waals surface area contributed by atoms with E-state index >= 15 is 0 Å². The molecule has 68 valence electrons. The third-order valence-corrected chi connectivity index (χ3v) is 2.39. The number of carbonyl (C=O) groups excluding carboxylic acids is 1. The van der Waals surface area contributed by atoms with E-state index in [0.717, 1.165) is 9.92 Å². The van der Waals surface area contributed by atoms with Crippen LogP contribution in [0.15, 0.2) is 40.6 Å². The van der Waals surface area contributed by atoms with Gasteiger partial charge in [0.1, 0.15) is 0 Å². The summed E-state index contributed by atoms with van der Waals surface area (Å²) in [6.45, 7) is 1.53. The summed E-state index contributed by atoms with van der Waals surface area (Å²) in [4.78, 5) is 11.6. The summed E-state index contributed by atoms with van der Waals surface area (Å²) in [5.41, 5.74) is 0. The van der Waals surface area contributed by atoms with Gasteiger partial charge in [-0.15, -0.1) is 0 Å². The molecule has 13 heavy (non-hydrogen) atoms. The Hall–Kier alpha value is -0.730. The molecule has 0 aliphatic heterocycles. The van der Waals surface area contributed by atoms with Gasteiger partial charge in [-0.1, -0.05) is 23.4 Å². The van der Waals surface area contributed by atoms with Crippen molar-refractivity contribution in [2.75, 3.05) is 0 Å². The fourth-order valence-corrected chi connectivity index (χ4v) is 1.56. The van der Waals surface area contributed by atoms with Crippen LogP contribution in [0.3, 0.4) is 0 Å². The van der Waals surface area contributed by atoms with Gasteiger partial charge in [-0.05, 0) is 42.7 Å². The largest absolute Gasteiger partial charge is 0.295 e. The summed E-state index contributed by atoms with van der Waals surface area (Å²) >= 11 is 7.21. The molecule has 0 N–H and O–H groups in total. The van der Waals surface area contributed by atoms with Crippen LogP contribution in [0, 0.1) is 0 Å². The van der Waals surface area contributed by atoms with E-state index < -0.39 is 0 Å². The molecular weight excluding hydrogens is 204 g/mol. The second-order valence-electron chi connectivity index (χ2n) is 2.49. The Kier molecular flexibility index (Phi) is 4.06. The van der Waals surface area contributed by atoms with Gasteiger partial charge in [0.2, 0.25) is 0 Å². The lowest BCUT2D eigenvalue weighted by Gasteiger charge is -1.94. The summed E-state index contributed by atoms with van der Waals surface area (Å²) < 4.78 is 0. The third-order valence-electron chi connectivity index (χ3n) is 1.32. The van der Waals surface area contributed by atoms with Gasteiger partial charge in [-0.25, -0.2) is 0 Å². The average molecular weight is 213 g/mol.